The van der Waals surface area contributed by atoms with Crippen LogP contribution >= 0.6 is 11.6 Å². The molecule has 2 N–H and O–H groups in total. The summed E-state index contributed by atoms with van der Waals surface area (Å²) in [5.74, 6) is 0.404. The molecule has 0 aliphatic heterocycles. The van der Waals surface area contributed by atoms with Gasteiger partial charge in [-0.05, 0) is 55.9 Å². The Kier molecular flexibility index (Phi) is 6.55. The molecule has 0 bridgehead atoms. The number of nitrogens with zero attached hydrogens (tertiary/aromatic N) is 2. The van der Waals surface area contributed by atoms with E-state index >= 15 is 0 Å². The first-order valence-corrected chi connectivity index (χ1v) is 10.2. The maximum atomic E-state index is 12.9. The van der Waals surface area contributed by atoms with Crippen molar-refractivity contribution in [3.8, 4) is 0 Å². The number of aromatic nitrogens is 2. The van der Waals surface area contributed by atoms with E-state index in [1.807, 2.05) is 20.8 Å². The predicted molar refractivity (Wildman–Crippen MR) is 109 cm³/mol. The second kappa shape index (κ2) is 8.79. The molecule has 0 unspecified atom stereocenters. The molecule has 1 aromatic carbocycles. The molecule has 1 aromatic heterocycles. The van der Waals surface area contributed by atoms with Gasteiger partial charge in [-0.1, -0.05) is 25.4 Å². The van der Waals surface area contributed by atoms with Gasteiger partial charge in [-0.25, -0.2) is 9.97 Å². The summed E-state index contributed by atoms with van der Waals surface area (Å²) in [4.78, 5) is 21.6. The van der Waals surface area contributed by atoms with E-state index in [2.05, 4.69) is 20.6 Å². The van der Waals surface area contributed by atoms with Crippen LogP contribution < -0.4 is 10.6 Å². The Morgan fingerprint density at radius 1 is 1.30 bits per heavy atom. The minimum atomic E-state index is -4.48. The van der Waals surface area contributed by atoms with Crippen LogP contribution in [0.25, 0.3) is 0 Å². The SMILES string of the molecule is Cc1ncc2c(n1)CC[C@@H](NC(=O)[C@H](Nc1ccc(C(F)(F)F)cc1Cl)C(C)C)C2. The molecule has 0 spiro atoms. The molecule has 0 radical (unpaired) electrons. The number of aryl methyl sites for hydroxylation is 2. The van der Waals surface area contributed by atoms with Crippen LogP contribution in [-0.2, 0) is 23.8 Å². The van der Waals surface area contributed by atoms with Gasteiger partial charge >= 0.3 is 6.18 Å². The molecule has 5 nitrogen and oxygen atoms in total. The third kappa shape index (κ3) is 5.22. The van der Waals surface area contributed by atoms with Gasteiger partial charge in [0.1, 0.15) is 11.9 Å². The highest BCUT2D eigenvalue weighted by molar-refractivity contribution is 6.33. The number of carbonyl (C=O) groups excluding carboxylic acids is 1. The quantitative estimate of drug-likeness (QED) is 0.714. The third-order valence-corrected chi connectivity index (χ3v) is 5.49. The van der Waals surface area contributed by atoms with Gasteiger partial charge in [-0.15, -0.1) is 0 Å². The largest absolute Gasteiger partial charge is 0.416 e. The molecule has 162 valence electrons. The van der Waals surface area contributed by atoms with Gasteiger partial charge < -0.3 is 10.6 Å². The zero-order chi connectivity index (χ0) is 22.1. The van der Waals surface area contributed by atoms with Crippen LogP contribution in [0.5, 0.6) is 0 Å². The number of amides is 1. The van der Waals surface area contributed by atoms with Crippen LogP contribution in [0, 0.1) is 12.8 Å². The van der Waals surface area contributed by atoms with E-state index in [-0.39, 0.29) is 28.6 Å². The monoisotopic (exact) mass is 440 g/mol. The Hall–Kier alpha value is -2.35. The lowest BCUT2D eigenvalue weighted by molar-refractivity contribution is -0.137. The number of rotatable bonds is 5. The van der Waals surface area contributed by atoms with Crippen molar-refractivity contribution < 1.29 is 18.0 Å². The fraction of sp³-hybridized carbons (Fsp3) is 0.476. The molecule has 2 aromatic rings. The average molecular weight is 441 g/mol. The molecule has 0 fully saturated rings. The van der Waals surface area contributed by atoms with Crippen molar-refractivity contribution in [1.29, 1.82) is 0 Å². The molecule has 1 aliphatic rings. The van der Waals surface area contributed by atoms with E-state index in [1.165, 1.54) is 6.07 Å². The zero-order valence-corrected chi connectivity index (χ0v) is 17.7. The number of hydrogen-bond acceptors (Lipinski definition) is 4. The molecule has 9 heteroatoms. The Bertz CT molecular complexity index is 933. The number of hydrogen-bond donors (Lipinski definition) is 2. The topological polar surface area (TPSA) is 66.9 Å². The van der Waals surface area contributed by atoms with Gasteiger partial charge in [0.05, 0.1) is 16.3 Å². The zero-order valence-electron chi connectivity index (χ0n) is 17.0. The van der Waals surface area contributed by atoms with Crippen molar-refractivity contribution in [2.24, 2.45) is 5.92 Å². The van der Waals surface area contributed by atoms with Crippen molar-refractivity contribution in [3.63, 3.8) is 0 Å². The lowest BCUT2D eigenvalue weighted by Crippen LogP contribution is -2.48. The number of halogens is 4. The molecule has 1 amide bonds. The summed E-state index contributed by atoms with van der Waals surface area (Å²) in [7, 11) is 0. The van der Waals surface area contributed by atoms with E-state index in [9.17, 15) is 18.0 Å². The van der Waals surface area contributed by atoms with Crippen LogP contribution in [0.4, 0.5) is 18.9 Å². The lowest BCUT2D eigenvalue weighted by Gasteiger charge is -2.29. The van der Waals surface area contributed by atoms with Crippen LogP contribution in [0.2, 0.25) is 5.02 Å². The van der Waals surface area contributed by atoms with Gasteiger partial charge in [0.15, 0.2) is 0 Å². The van der Waals surface area contributed by atoms with Gasteiger partial charge in [-0.3, -0.25) is 4.79 Å². The van der Waals surface area contributed by atoms with E-state index in [0.29, 0.717) is 6.42 Å². The highest BCUT2D eigenvalue weighted by Gasteiger charge is 2.32. The first-order valence-electron chi connectivity index (χ1n) is 9.79. The highest BCUT2D eigenvalue weighted by Crippen LogP contribution is 2.34. The smallest absolute Gasteiger partial charge is 0.372 e. The second-order valence-electron chi connectivity index (χ2n) is 7.90. The Morgan fingerprint density at radius 3 is 2.67 bits per heavy atom. The summed E-state index contributed by atoms with van der Waals surface area (Å²) in [6.07, 6.45) is -0.505. The first-order chi connectivity index (χ1) is 14.0. The Labute approximate surface area is 178 Å². The molecular weight excluding hydrogens is 417 g/mol. The summed E-state index contributed by atoms with van der Waals surface area (Å²) in [5, 5.41) is 5.98. The fourth-order valence-electron chi connectivity index (χ4n) is 3.53. The summed E-state index contributed by atoms with van der Waals surface area (Å²) >= 11 is 6.04. The number of benzene rings is 1. The fourth-order valence-corrected chi connectivity index (χ4v) is 3.77. The van der Waals surface area contributed by atoms with Crippen molar-refractivity contribution in [2.45, 2.75) is 58.3 Å². The standard InChI is InChI=1S/C21H24ClF3N4O/c1-11(2)19(29-18-6-4-14(9-16(18)22)21(23,24)25)20(30)28-15-5-7-17-13(8-15)10-26-12(3)27-17/h4,6,9-11,15,19,29H,5,7-8H2,1-3H3,(H,28,30)/t15-,19-/m1/s1. The van der Waals surface area contributed by atoms with Gasteiger partial charge in [-0.2, -0.15) is 13.2 Å². The maximum absolute atomic E-state index is 12.9. The number of carbonyl (C=O) groups is 1. The molecule has 0 saturated carbocycles. The van der Waals surface area contributed by atoms with E-state index in [0.717, 1.165) is 42.1 Å². The van der Waals surface area contributed by atoms with E-state index in [4.69, 9.17) is 11.6 Å². The normalized spacial score (nSPS) is 17.4. The third-order valence-electron chi connectivity index (χ3n) is 5.17. The number of nitrogens with one attached hydrogen (secondary N) is 2. The summed E-state index contributed by atoms with van der Waals surface area (Å²) < 4.78 is 38.6. The van der Waals surface area contributed by atoms with Gasteiger partial charge in [0.2, 0.25) is 5.91 Å². The van der Waals surface area contributed by atoms with E-state index < -0.39 is 17.8 Å². The van der Waals surface area contributed by atoms with Crippen molar-refractivity contribution >= 4 is 23.2 Å². The molecular formula is C21H24ClF3N4O. The summed E-state index contributed by atoms with van der Waals surface area (Å²) in [6, 6.07) is 2.37. The predicted octanol–water partition coefficient (Wildman–Crippen LogP) is 4.57. The summed E-state index contributed by atoms with van der Waals surface area (Å²) in [5.41, 5.74) is 1.50. The highest BCUT2D eigenvalue weighted by atomic mass is 35.5. The van der Waals surface area contributed by atoms with Gasteiger partial charge in [0.25, 0.3) is 0 Å². The van der Waals surface area contributed by atoms with Crippen molar-refractivity contribution in [2.75, 3.05) is 5.32 Å². The molecule has 1 aliphatic carbocycles. The number of alkyl halides is 3. The first kappa shape index (κ1) is 22.3. The van der Waals surface area contributed by atoms with Gasteiger partial charge in [0, 0.05) is 17.9 Å². The molecule has 0 saturated heterocycles. The lowest BCUT2D eigenvalue weighted by atomic mass is 9.92. The average Bonchev–Trinajstić information content (AvgIpc) is 2.66. The van der Waals surface area contributed by atoms with E-state index in [1.54, 1.807) is 6.20 Å². The second-order valence-corrected chi connectivity index (χ2v) is 8.30. The van der Waals surface area contributed by atoms with Crippen LogP contribution in [0.1, 0.15) is 42.9 Å². The summed E-state index contributed by atoms with van der Waals surface area (Å²) in [6.45, 7) is 5.57. The van der Waals surface area contributed by atoms with Crippen molar-refractivity contribution in [3.05, 3.63) is 52.1 Å². The Morgan fingerprint density at radius 2 is 2.03 bits per heavy atom. The number of fused-ring (bicyclic) bond motifs is 1. The minimum Gasteiger partial charge on any atom is -0.372 e. The molecule has 1 heterocycles. The van der Waals surface area contributed by atoms with Crippen molar-refractivity contribution in [1.82, 2.24) is 15.3 Å². The molecule has 3 rings (SSSR count). The van der Waals surface area contributed by atoms with Crippen LogP contribution in [-0.4, -0.2) is 28.0 Å². The Balaban J connectivity index is 1.69. The number of anilines is 1. The molecule has 30 heavy (non-hydrogen) atoms. The van der Waals surface area contributed by atoms with Crippen LogP contribution in [0.15, 0.2) is 24.4 Å². The minimum absolute atomic E-state index is 0.0533. The van der Waals surface area contributed by atoms with Crippen LogP contribution in [0.3, 0.4) is 0 Å². The maximum Gasteiger partial charge on any atom is 0.416 e. The molecule has 2 atom stereocenters.